The zero-order valence-corrected chi connectivity index (χ0v) is 12.4. The van der Waals surface area contributed by atoms with Crippen LogP contribution in [0.1, 0.15) is 30.5 Å². The lowest BCUT2D eigenvalue weighted by molar-refractivity contribution is 0.242. The molecule has 0 saturated heterocycles. The predicted molar refractivity (Wildman–Crippen MR) is 81.8 cm³/mol. The Morgan fingerprint density at radius 2 is 1.85 bits per heavy atom. The monoisotopic (exact) mass is 265 g/mol. The minimum atomic E-state index is 0.0518. The van der Waals surface area contributed by atoms with Crippen molar-refractivity contribution in [3.05, 3.63) is 53.1 Å². The summed E-state index contributed by atoms with van der Waals surface area (Å²) in [4.78, 5) is 0. The van der Waals surface area contributed by atoms with Crippen LogP contribution in [0.4, 0.5) is 0 Å². The van der Waals surface area contributed by atoms with Gasteiger partial charge in [-0.25, -0.2) is 0 Å². The van der Waals surface area contributed by atoms with Gasteiger partial charge in [-0.05, 0) is 62.1 Å². The zero-order valence-electron chi connectivity index (χ0n) is 12.4. The quantitative estimate of drug-likeness (QED) is 0.810. The van der Waals surface area contributed by atoms with E-state index in [1.807, 2.05) is 32.0 Å². The Morgan fingerprint density at radius 1 is 1.10 bits per heavy atom. The average Bonchev–Trinajstić information content (AvgIpc) is 2.41. The van der Waals surface area contributed by atoms with E-state index in [1.54, 1.807) is 0 Å². The maximum atomic E-state index is 9.16. The molecule has 20 heavy (non-hydrogen) atoms. The van der Waals surface area contributed by atoms with Crippen LogP contribution in [0.25, 0.3) is 11.1 Å². The van der Waals surface area contributed by atoms with E-state index < -0.39 is 0 Å². The molecule has 0 aliphatic carbocycles. The van der Waals surface area contributed by atoms with E-state index in [0.717, 1.165) is 5.56 Å². The van der Waals surface area contributed by atoms with Crippen molar-refractivity contribution in [2.75, 3.05) is 0 Å². The minimum Gasteiger partial charge on any atom is -0.490 e. The number of nitriles is 1. The van der Waals surface area contributed by atoms with Gasteiger partial charge in [-0.3, -0.25) is 0 Å². The summed E-state index contributed by atoms with van der Waals surface area (Å²) >= 11 is 0. The number of hydrogen-bond acceptors (Lipinski definition) is 2. The van der Waals surface area contributed by atoms with Gasteiger partial charge in [0.25, 0.3) is 0 Å². The van der Waals surface area contributed by atoms with Crippen molar-refractivity contribution in [1.29, 1.82) is 5.26 Å². The molecular weight excluding hydrogens is 246 g/mol. The largest absolute Gasteiger partial charge is 0.490 e. The van der Waals surface area contributed by atoms with Gasteiger partial charge in [0.05, 0.1) is 11.7 Å². The molecular formula is C18H19NO. The molecule has 102 valence electrons. The third kappa shape index (κ3) is 2.83. The van der Waals surface area contributed by atoms with Gasteiger partial charge in [0.1, 0.15) is 11.8 Å². The second kappa shape index (κ2) is 5.79. The highest BCUT2D eigenvalue weighted by atomic mass is 16.5. The first-order chi connectivity index (χ1) is 9.52. The molecule has 0 atom stereocenters. The van der Waals surface area contributed by atoms with Gasteiger partial charge in [-0.1, -0.05) is 24.3 Å². The van der Waals surface area contributed by atoms with Crippen LogP contribution in [0.3, 0.4) is 0 Å². The van der Waals surface area contributed by atoms with Crippen molar-refractivity contribution in [1.82, 2.24) is 0 Å². The van der Waals surface area contributed by atoms with Gasteiger partial charge < -0.3 is 4.74 Å². The van der Waals surface area contributed by atoms with Gasteiger partial charge in [-0.2, -0.15) is 5.26 Å². The van der Waals surface area contributed by atoms with E-state index in [1.165, 1.54) is 16.7 Å². The van der Waals surface area contributed by atoms with E-state index in [-0.39, 0.29) is 6.10 Å². The number of aryl methyl sites for hydroxylation is 1. The van der Waals surface area contributed by atoms with Gasteiger partial charge in [0.2, 0.25) is 0 Å². The molecule has 0 radical (unpaired) electrons. The van der Waals surface area contributed by atoms with Gasteiger partial charge in [0.15, 0.2) is 0 Å². The molecule has 0 heterocycles. The molecule has 0 unspecified atom stereocenters. The third-order valence-corrected chi connectivity index (χ3v) is 3.38. The summed E-state index contributed by atoms with van der Waals surface area (Å²) in [7, 11) is 0. The highest BCUT2D eigenvalue weighted by molar-refractivity contribution is 5.71. The SMILES string of the molecule is Cc1cccc(-c2ccc(C#N)c(OC(C)C)c2)c1C. The van der Waals surface area contributed by atoms with Crippen LogP contribution in [0.15, 0.2) is 36.4 Å². The van der Waals surface area contributed by atoms with Gasteiger partial charge in [0, 0.05) is 0 Å². The Labute approximate surface area is 120 Å². The van der Waals surface area contributed by atoms with Crippen LogP contribution in [-0.2, 0) is 0 Å². The van der Waals surface area contributed by atoms with E-state index >= 15 is 0 Å². The molecule has 0 spiro atoms. The number of ether oxygens (including phenoxy) is 1. The summed E-state index contributed by atoms with van der Waals surface area (Å²) < 4.78 is 5.75. The normalized spacial score (nSPS) is 10.4. The first-order valence-electron chi connectivity index (χ1n) is 6.80. The molecule has 2 rings (SSSR count). The summed E-state index contributed by atoms with van der Waals surface area (Å²) in [5.74, 6) is 0.654. The second-order valence-corrected chi connectivity index (χ2v) is 5.24. The molecule has 0 aliphatic rings. The molecule has 2 aromatic carbocycles. The van der Waals surface area contributed by atoms with Crippen molar-refractivity contribution in [2.45, 2.75) is 33.8 Å². The predicted octanol–water partition coefficient (Wildman–Crippen LogP) is 4.63. The summed E-state index contributed by atoms with van der Waals surface area (Å²) in [6, 6.07) is 14.2. The van der Waals surface area contributed by atoms with Crippen LogP contribution in [0.2, 0.25) is 0 Å². The first-order valence-corrected chi connectivity index (χ1v) is 6.80. The highest BCUT2D eigenvalue weighted by Gasteiger charge is 2.10. The molecule has 2 heteroatoms. The van der Waals surface area contributed by atoms with Crippen LogP contribution < -0.4 is 4.74 Å². The highest BCUT2D eigenvalue weighted by Crippen LogP contribution is 2.30. The van der Waals surface area contributed by atoms with Crippen molar-refractivity contribution in [2.24, 2.45) is 0 Å². The summed E-state index contributed by atoms with van der Waals surface area (Å²) in [6.45, 7) is 8.15. The average molecular weight is 265 g/mol. The Hall–Kier alpha value is -2.27. The van der Waals surface area contributed by atoms with Crippen LogP contribution >= 0.6 is 0 Å². The maximum Gasteiger partial charge on any atom is 0.138 e. The van der Waals surface area contributed by atoms with Crippen LogP contribution in [0, 0.1) is 25.2 Å². The van der Waals surface area contributed by atoms with Gasteiger partial charge in [-0.15, -0.1) is 0 Å². The van der Waals surface area contributed by atoms with Crippen molar-refractivity contribution in [3.63, 3.8) is 0 Å². The molecule has 0 saturated carbocycles. The zero-order chi connectivity index (χ0) is 14.7. The lowest BCUT2D eigenvalue weighted by atomic mass is 9.96. The summed E-state index contributed by atoms with van der Waals surface area (Å²) in [5.41, 5.74) is 5.36. The van der Waals surface area contributed by atoms with E-state index in [4.69, 9.17) is 10.00 Å². The van der Waals surface area contributed by atoms with E-state index in [2.05, 4.69) is 38.1 Å². The number of rotatable bonds is 3. The van der Waals surface area contributed by atoms with Crippen LogP contribution in [-0.4, -0.2) is 6.10 Å². The Balaban J connectivity index is 2.53. The van der Waals surface area contributed by atoms with E-state index in [0.29, 0.717) is 11.3 Å². The van der Waals surface area contributed by atoms with Crippen molar-refractivity contribution in [3.8, 4) is 22.9 Å². The smallest absolute Gasteiger partial charge is 0.138 e. The molecule has 0 aliphatic heterocycles. The number of benzene rings is 2. The Bertz CT molecular complexity index is 666. The number of nitrogens with zero attached hydrogens (tertiary/aromatic N) is 1. The Morgan fingerprint density at radius 3 is 2.50 bits per heavy atom. The lowest BCUT2D eigenvalue weighted by Crippen LogP contribution is -2.07. The fourth-order valence-corrected chi connectivity index (χ4v) is 2.20. The molecule has 2 nitrogen and oxygen atoms in total. The Kier molecular flexibility index (Phi) is 4.10. The topological polar surface area (TPSA) is 33.0 Å². The molecule has 0 aromatic heterocycles. The molecule has 0 amide bonds. The minimum absolute atomic E-state index is 0.0518. The summed E-state index contributed by atoms with van der Waals surface area (Å²) in [5, 5.41) is 9.16. The van der Waals surface area contributed by atoms with Gasteiger partial charge >= 0.3 is 0 Å². The molecule has 0 bridgehead atoms. The van der Waals surface area contributed by atoms with Crippen molar-refractivity contribution < 1.29 is 4.74 Å². The summed E-state index contributed by atoms with van der Waals surface area (Å²) in [6.07, 6.45) is 0.0518. The van der Waals surface area contributed by atoms with E-state index in [9.17, 15) is 0 Å². The standard InChI is InChI=1S/C18H19NO/c1-12(2)20-18-10-15(8-9-16(18)11-19)17-7-5-6-13(3)14(17)4/h5-10,12H,1-4H3. The third-order valence-electron chi connectivity index (χ3n) is 3.38. The second-order valence-electron chi connectivity index (χ2n) is 5.24. The first kappa shape index (κ1) is 14.1. The fourth-order valence-electron chi connectivity index (χ4n) is 2.20. The molecule has 0 fully saturated rings. The maximum absolute atomic E-state index is 9.16. The van der Waals surface area contributed by atoms with Crippen LogP contribution in [0.5, 0.6) is 5.75 Å². The molecule has 2 aromatic rings. The fraction of sp³-hybridized carbons (Fsp3) is 0.278. The molecule has 0 N–H and O–H groups in total. The lowest BCUT2D eigenvalue weighted by Gasteiger charge is -2.14. The number of hydrogen-bond donors (Lipinski definition) is 0. The van der Waals surface area contributed by atoms with Crippen molar-refractivity contribution >= 4 is 0 Å².